The molecule has 0 aromatic rings. The van der Waals surface area contributed by atoms with E-state index in [0.29, 0.717) is 10.7 Å². The number of halogens is 1. The Bertz CT molecular complexity index is 139. The number of nitrogens with zero attached hydrogens (tertiary/aromatic N) is 1. The molecule has 1 aliphatic rings. The number of rotatable bonds is 0. The fraction of sp³-hybridized carbons (Fsp3) is 0.400. The lowest BCUT2D eigenvalue weighted by Gasteiger charge is -2.04. The van der Waals surface area contributed by atoms with E-state index in [4.69, 9.17) is 5.73 Å². The van der Waals surface area contributed by atoms with Crippen LogP contribution in [-0.4, -0.2) is 17.2 Å². The van der Waals surface area contributed by atoms with E-state index in [0.717, 1.165) is 6.54 Å². The van der Waals surface area contributed by atoms with Crippen LogP contribution in [0.15, 0.2) is 17.1 Å². The molecule has 0 radical (unpaired) electrons. The summed E-state index contributed by atoms with van der Waals surface area (Å²) < 4.78 is 0. The monoisotopic (exact) mass is 174 g/mol. The Morgan fingerprint density at radius 2 is 2.62 bits per heavy atom. The minimum absolute atomic E-state index is 0.384. The number of dihydropyridines is 1. The van der Waals surface area contributed by atoms with Crippen molar-refractivity contribution < 1.29 is 0 Å². The average molecular weight is 175 g/mol. The molecular formula is C5H7BrN2. The minimum Gasteiger partial charge on any atom is -0.384 e. The lowest BCUT2D eigenvalue weighted by Crippen LogP contribution is -2.15. The Labute approximate surface area is 56.6 Å². The quantitative estimate of drug-likeness (QED) is 0.540. The fourth-order valence-electron chi connectivity index (χ4n) is 0.509. The zero-order valence-corrected chi connectivity index (χ0v) is 5.93. The molecular weight excluding hydrogens is 168 g/mol. The normalized spacial score (nSPS) is 27.6. The summed E-state index contributed by atoms with van der Waals surface area (Å²) in [6.07, 6.45) is 3.80. The number of nitrogens with two attached hydrogens (primary N) is 1. The molecule has 2 N–H and O–H groups in total. The van der Waals surface area contributed by atoms with Crippen molar-refractivity contribution in [1.29, 1.82) is 0 Å². The third kappa shape index (κ3) is 1.33. The van der Waals surface area contributed by atoms with Crippen LogP contribution in [0.25, 0.3) is 0 Å². The standard InChI is InChI=1S/C5H7BrN2/c6-4-1-2-5(7)8-3-4/h1-2,4H,3H2,(H2,7,8). The van der Waals surface area contributed by atoms with E-state index in [1.807, 2.05) is 12.2 Å². The highest BCUT2D eigenvalue weighted by molar-refractivity contribution is 9.09. The van der Waals surface area contributed by atoms with Gasteiger partial charge < -0.3 is 5.73 Å². The first-order chi connectivity index (χ1) is 3.79. The second-order valence-corrected chi connectivity index (χ2v) is 2.82. The van der Waals surface area contributed by atoms with E-state index in [1.165, 1.54) is 0 Å². The van der Waals surface area contributed by atoms with Crippen LogP contribution in [0.3, 0.4) is 0 Å². The predicted octanol–water partition coefficient (Wildman–Crippen LogP) is 0.677. The van der Waals surface area contributed by atoms with E-state index < -0.39 is 0 Å². The second-order valence-electron chi connectivity index (χ2n) is 1.64. The molecule has 8 heavy (non-hydrogen) atoms. The van der Waals surface area contributed by atoms with Crippen LogP contribution in [0.5, 0.6) is 0 Å². The summed E-state index contributed by atoms with van der Waals surface area (Å²) >= 11 is 3.37. The van der Waals surface area contributed by atoms with Gasteiger partial charge in [0.15, 0.2) is 0 Å². The molecule has 0 aliphatic carbocycles. The van der Waals surface area contributed by atoms with Gasteiger partial charge in [0.2, 0.25) is 0 Å². The molecule has 0 bridgehead atoms. The van der Waals surface area contributed by atoms with Gasteiger partial charge in [-0.2, -0.15) is 0 Å². The van der Waals surface area contributed by atoms with E-state index in [1.54, 1.807) is 0 Å². The summed E-state index contributed by atoms with van der Waals surface area (Å²) in [6.45, 7) is 0.766. The van der Waals surface area contributed by atoms with Crippen molar-refractivity contribution in [3.8, 4) is 0 Å². The summed E-state index contributed by atoms with van der Waals surface area (Å²) in [5.74, 6) is 0.626. The summed E-state index contributed by atoms with van der Waals surface area (Å²) in [5.41, 5.74) is 5.34. The zero-order chi connectivity index (χ0) is 5.98. The van der Waals surface area contributed by atoms with Gasteiger partial charge in [0.05, 0.1) is 11.4 Å². The number of amidine groups is 1. The molecule has 0 aromatic carbocycles. The third-order valence-electron chi connectivity index (χ3n) is 0.924. The molecule has 1 unspecified atom stereocenters. The number of hydrogen-bond donors (Lipinski definition) is 1. The summed E-state index contributed by atoms with van der Waals surface area (Å²) in [5, 5.41) is 0. The van der Waals surface area contributed by atoms with Crippen LogP contribution in [0.2, 0.25) is 0 Å². The zero-order valence-electron chi connectivity index (χ0n) is 4.34. The molecule has 44 valence electrons. The third-order valence-corrected chi connectivity index (χ3v) is 1.52. The van der Waals surface area contributed by atoms with Gasteiger partial charge in [0.25, 0.3) is 0 Å². The van der Waals surface area contributed by atoms with Crippen molar-refractivity contribution in [2.24, 2.45) is 10.7 Å². The first kappa shape index (κ1) is 5.82. The molecule has 0 fully saturated rings. The first-order valence-electron chi connectivity index (χ1n) is 2.41. The van der Waals surface area contributed by atoms with Crippen molar-refractivity contribution in [3.63, 3.8) is 0 Å². The molecule has 1 aliphatic heterocycles. The highest BCUT2D eigenvalue weighted by atomic mass is 79.9. The smallest absolute Gasteiger partial charge is 0.117 e. The van der Waals surface area contributed by atoms with Gasteiger partial charge in [-0.1, -0.05) is 22.0 Å². The molecule has 3 heteroatoms. The van der Waals surface area contributed by atoms with Crippen molar-refractivity contribution in [3.05, 3.63) is 12.2 Å². The predicted molar refractivity (Wildman–Crippen MR) is 38.3 cm³/mol. The number of hydrogen-bond acceptors (Lipinski definition) is 2. The lowest BCUT2D eigenvalue weighted by molar-refractivity contribution is 1.02. The molecule has 0 aromatic heterocycles. The largest absolute Gasteiger partial charge is 0.384 e. The maximum atomic E-state index is 5.34. The summed E-state index contributed by atoms with van der Waals surface area (Å²) in [4.78, 5) is 4.36. The van der Waals surface area contributed by atoms with Crippen LogP contribution in [0.1, 0.15) is 0 Å². The SMILES string of the molecule is NC1=NCC(Br)C=C1. The van der Waals surface area contributed by atoms with E-state index in [9.17, 15) is 0 Å². The number of aliphatic imine (C=N–C) groups is 1. The van der Waals surface area contributed by atoms with E-state index in [2.05, 4.69) is 20.9 Å². The molecule has 0 saturated heterocycles. The van der Waals surface area contributed by atoms with Crippen molar-refractivity contribution in [1.82, 2.24) is 0 Å². The van der Waals surface area contributed by atoms with Gasteiger partial charge >= 0.3 is 0 Å². The highest BCUT2D eigenvalue weighted by Crippen LogP contribution is 2.04. The molecule has 1 heterocycles. The summed E-state index contributed by atoms with van der Waals surface area (Å²) in [7, 11) is 0. The van der Waals surface area contributed by atoms with Crippen LogP contribution < -0.4 is 5.73 Å². The Kier molecular flexibility index (Phi) is 1.68. The maximum absolute atomic E-state index is 5.34. The minimum atomic E-state index is 0.384. The molecule has 0 spiro atoms. The van der Waals surface area contributed by atoms with E-state index >= 15 is 0 Å². The molecule has 2 nitrogen and oxygen atoms in total. The van der Waals surface area contributed by atoms with Crippen molar-refractivity contribution in [2.75, 3.05) is 6.54 Å². The molecule has 0 saturated carbocycles. The van der Waals surface area contributed by atoms with Gasteiger partial charge in [-0.05, 0) is 6.08 Å². The van der Waals surface area contributed by atoms with Crippen molar-refractivity contribution >= 4 is 21.8 Å². The van der Waals surface area contributed by atoms with Gasteiger partial charge in [-0.3, -0.25) is 4.99 Å². The van der Waals surface area contributed by atoms with Crippen LogP contribution >= 0.6 is 15.9 Å². The maximum Gasteiger partial charge on any atom is 0.117 e. The second kappa shape index (κ2) is 2.31. The number of alkyl halides is 1. The average Bonchev–Trinajstić information content (AvgIpc) is 1.77. The van der Waals surface area contributed by atoms with Gasteiger partial charge in [0.1, 0.15) is 5.84 Å². The highest BCUT2D eigenvalue weighted by Gasteiger charge is 2.01. The molecule has 1 rings (SSSR count). The van der Waals surface area contributed by atoms with Crippen LogP contribution in [-0.2, 0) is 0 Å². The van der Waals surface area contributed by atoms with E-state index in [-0.39, 0.29) is 0 Å². The van der Waals surface area contributed by atoms with Gasteiger partial charge in [-0.25, -0.2) is 0 Å². The lowest BCUT2D eigenvalue weighted by atomic mass is 10.3. The Hall–Kier alpha value is -0.310. The topological polar surface area (TPSA) is 38.4 Å². The summed E-state index contributed by atoms with van der Waals surface area (Å²) in [6, 6.07) is 0. The Morgan fingerprint density at radius 1 is 1.88 bits per heavy atom. The molecule has 1 atom stereocenters. The van der Waals surface area contributed by atoms with Crippen LogP contribution in [0, 0.1) is 0 Å². The van der Waals surface area contributed by atoms with Gasteiger partial charge in [-0.15, -0.1) is 0 Å². The first-order valence-corrected chi connectivity index (χ1v) is 3.33. The van der Waals surface area contributed by atoms with Crippen LogP contribution in [0.4, 0.5) is 0 Å². The Morgan fingerprint density at radius 3 is 3.00 bits per heavy atom. The van der Waals surface area contributed by atoms with Crippen molar-refractivity contribution in [2.45, 2.75) is 4.83 Å². The molecule has 0 amide bonds. The van der Waals surface area contributed by atoms with Gasteiger partial charge in [0, 0.05) is 0 Å². The fourth-order valence-corrected chi connectivity index (χ4v) is 0.807. The Balaban J connectivity index is 2.58.